The van der Waals surface area contributed by atoms with Crippen LogP contribution in [0.25, 0.3) is 21.6 Å². The highest BCUT2D eigenvalue weighted by Gasteiger charge is 2.34. The molecule has 29 heavy (non-hydrogen) atoms. The summed E-state index contributed by atoms with van der Waals surface area (Å²) in [5.41, 5.74) is 4.04. The molecule has 3 aromatic rings. The smallest absolute Gasteiger partial charge is 0.0805 e. The van der Waals surface area contributed by atoms with Crippen molar-refractivity contribution in [2.75, 3.05) is 11.5 Å². The number of rotatable bonds is 2. The number of thiophene rings is 1. The maximum atomic E-state index is 2.25. The first-order chi connectivity index (χ1) is 14.4. The van der Waals surface area contributed by atoms with Crippen molar-refractivity contribution in [2.45, 2.75) is 9.10 Å². The van der Waals surface area contributed by atoms with E-state index < -0.39 is 0 Å². The quantitative estimate of drug-likeness (QED) is 0.340. The Labute approximate surface area is 200 Å². The van der Waals surface area contributed by atoms with Crippen molar-refractivity contribution >= 4 is 81.9 Å². The van der Waals surface area contributed by atoms with Crippen LogP contribution < -0.4 is 0 Å². The van der Waals surface area contributed by atoms with E-state index in [1.807, 2.05) is 81.9 Å². The Kier molecular flexibility index (Phi) is 5.58. The molecule has 0 radical (unpaired) electrons. The molecule has 0 nitrogen and oxygen atoms in total. The van der Waals surface area contributed by atoms with E-state index in [0.29, 0.717) is 0 Å². The fourth-order valence-electron chi connectivity index (χ4n) is 3.30. The molecule has 0 saturated carbocycles. The van der Waals surface area contributed by atoms with Gasteiger partial charge in [0.1, 0.15) is 0 Å². The third-order valence-electron chi connectivity index (χ3n) is 4.57. The van der Waals surface area contributed by atoms with Gasteiger partial charge in [0.2, 0.25) is 0 Å². The minimum absolute atomic E-state index is 1.24. The lowest BCUT2D eigenvalue weighted by molar-refractivity contribution is 1.41. The van der Waals surface area contributed by atoms with Crippen LogP contribution in [0.5, 0.6) is 0 Å². The fraction of sp³-hybridized carbons (Fsp3) is 0.0909. The Morgan fingerprint density at radius 3 is 1.79 bits per heavy atom. The van der Waals surface area contributed by atoms with Crippen molar-refractivity contribution < 1.29 is 0 Å². The summed E-state index contributed by atoms with van der Waals surface area (Å²) in [6, 6.07) is 21.7. The highest BCUT2D eigenvalue weighted by atomic mass is 32.3. The largest absolute Gasteiger partial charge is 0.127 e. The van der Waals surface area contributed by atoms with Crippen molar-refractivity contribution in [3.05, 3.63) is 77.6 Å². The molecule has 0 saturated heterocycles. The molecular formula is C22H14S7. The maximum Gasteiger partial charge on any atom is 0.0805 e. The van der Waals surface area contributed by atoms with Crippen LogP contribution in [0.2, 0.25) is 0 Å². The standard InChI is InChI=1S/C22H14S7/c1-3-7-13(8-4-1)15-16(14-9-5-2-6-10-14)25-18-17(15)26-21(27-18)22-28-19-20(29-22)24-12-11-23-19/h1-10H,11-12H2. The van der Waals surface area contributed by atoms with Crippen LogP contribution in [-0.2, 0) is 0 Å². The molecular weight excluding hydrogens is 489 g/mol. The van der Waals surface area contributed by atoms with Gasteiger partial charge in [-0.15, -0.1) is 34.9 Å². The second kappa shape index (κ2) is 8.34. The molecule has 0 bridgehead atoms. The third-order valence-corrected chi connectivity index (χ3v) is 14.9. The topological polar surface area (TPSA) is 0 Å². The minimum atomic E-state index is 1.24. The second-order valence-corrected chi connectivity index (χ2v) is 15.0. The molecule has 0 atom stereocenters. The molecule has 3 aliphatic heterocycles. The van der Waals surface area contributed by atoms with Gasteiger partial charge in [-0.25, -0.2) is 0 Å². The molecule has 0 aliphatic carbocycles. The highest BCUT2D eigenvalue weighted by Crippen LogP contribution is 2.68. The summed E-state index contributed by atoms with van der Waals surface area (Å²) in [4.78, 5) is 2.83. The van der Waals surface area contributed by atoms with E-state index in [0.717, 1.165) is 0 Å². The first-order valence-electron chi connectivity index (χ1n) is 9.10. The maximum absolute atomic E-state index is 2.25. The first-order valence-corrected chi connectivity index (χ1v) is 15.2. The van der Waals surface area contributed by atoms with Crippen molar-refractivity contribution in [1.82, 2.24) is 0 Å². The Morgan fingerprint density at radius 1 is 0.552 bits per heavy atom. The van der Waals surface area contributed by atoms with Gasteiger partial charge in [0.15, 0.2) is 0 Å². The molecule has 2 aromatic carbocycles. The molecule has 0 spiro atoms. The van der Waals surface area contributed by atoms with E-state index in [1.165, 1.54) is 59.1 Å². The Morgan fingerprint density at radius 2 is 1.14 bits per heavy atom. The van der Waals surface area contributed by atoms with E-state index in [2.05, 4.69) is 60.7 Å². The Balaban J connectivity index is 1.42. The lowest BCUT2D eigenvalue weighted by Gasteiger charge is -2.08. The zero-order valence-corrected chi connectivity index (χ0v) is 20.8. The fourth-order valence-corrected chi connectivity index (χ4v) is 14.0. The SMILES string of the molecule is c1ccc(-c2sc3c(c2-c2ccccc2)SC(=C2SC4=C(SCCS4)S2)S3)cc1. The zero-order chi connectivity index (χ0) is 19.2. The molecule has 0 N–H and O–H groups in total. The van der Waals surface area contributed by atoms with Crippen LogP contribution in [0, 0.1) is 0 Å². The molecule has 0 unspecified atom stereocenters. The van der Waals surface area contributed by atoms with Crippen LogP contribution in [0.1, 0.15) is 0 Å². The summed E-state index contributed by atoms with van der Waals surface area (Å²) in [5, 5.41) is 0. The van der Waals surface area contributed by atoms with Crippen LogP contribution in [-0.4, -0.2) is 11.5 Å². The van der Waals surface area contributed by atoms with Crippen LogP contribution in [0.15, 0.2) is 86.7 Å². The van der Waals surface area contributed by atoms with E-state index in [9.17, 15) is 0 Å². The summed E-state index contributed by atoms with van der Waals surface area (Å²) in [7, 11) is 0. The van der Waals surface area contributed by atoms with Gasteiger partial charge < -0.3 is 0 Å². The highest BCUT2D eigenvalue weighted by molar-refractivity contribution is 8.42. The lowest BCUT2D eigenvalue weighted by atomic mass is 10.0. The van der Waals surface area contributed by atoms with Crippen LogP contribution in [0.4, 0.5) is 0 Å². The summed E-state index contributed by atoms with van der Waals surface area (Å²) >= 11 is 14.0. The van der Waals surface area contributed by atoms with E-state index in [1.54, 1.807) is 0 Å². The Bertz CT molecular complexity index is 1120. The van der Waals surface area contributed by atoms with Crippen molar-refractivity contribution in [3.8, 4) is 21.6 Å². The molecule has 0 fully saturated rings. The summed E-state index contributed by atoms with van der Waals surface area (Å²) in [5.74, 6) is 2.48. The van der Waals surface area contributed by atoms with Gasteiger partial charge in [-0.2, -0.15) is 0 Å². The van der Waals surface area contributed by atoms with Crippen LogP contribution >= 0.6 is 81.9 Å². The molecule has 3 aliphatic rings. The predicted molar refractivity (Wildman–Crippen MR) is 141 cm³/mol. The minimum Gasteiger partial charge on any atom is -0.127 e. The normalized spacial score (nSPS) is 18.3. The Hall–Kier alpha value is -0.280. The summed E-state index contributed by atoms with van der Waals surface area (Å²) in [6.45, 7) is 0. The van der Waals surface area contributed by atoms with Gasteiger partial charge >= 0.3 is 0 Å². The number of hydrogen-bond acceptors (Lipinski definition) is 7. The lowest BCUT2D eigenvalue weighted by Crippen LogP contribution is -1.88. The van der Waals surface area contributed by atoms with Gasteiger partial charge in [-0.05, 0) is 11.1 Å². The van der Waals surface area contributed by atoms with Crippen molar-refractivity contribution in [3.63, 3.8) is 0 Å². The van der Waals surface area contributed by atoms with Crippen LogP contribution in [0.3, 0.4) is 0 Å². The molecule has 1 aromatic heterocycles. The predicted octanol–water partition coefficient (Wildman–Crippen LogP) is 9.49. The number of benzene rings is 2. The number of fused-ring (bicyclic) bond motifs is 1. The van der Waals surface area contributed by atoms with Gasteiger partial charge in [-0.3, -0.25) is 0 Å². The third kappa shape index (κ3) is 3.67. The van der Waals surface area contributed by atoms with Gasteiger partial charge in [0.25, 0.3) is 0 Å². The molecule has 7 heteroatoms. The van der Waals surface area contributed by atoms with E-state index in [4.69, 9.17) is 0 Å². The number of hydrogen-bond donors (Lipinski definition) is 0. The second-order valence-electron chi connectivity index (χ2n) is 6.41. The molecule has 6 rings (SSSR count). The van der Waals surface area contributed by atoms with Crippen molar-refractivity contribution in [2.24, 2.45) is 0 Å². The monoisotopic (exact) mass is 502 g/mol. The summed E-state index contributed by atoms with van der Waals surface area (Å²) < 4.78 is 7.45. The number of thioether (sulfide) groups is 6. The molecule has 0 amide bonds. The summed E-state index contributed by atoms with van der Waals surface area (Å²) in [6.07, 6.45) is 0. The van der Waals surface area contributed by atoms with Gasteiger partial charge in [-0.1, -0.05) is 108 Å². The zero-order valence-electron chi connectivity index (χ0n) is 15.0. The van der Waals surface area contributed by atoms with Gasteiger partial charge in [0.05, 0.1) is 21.2 Å². The van der Waals surface area contributed by atoms with Crippen molar-refractivity contribution in [1.29, 1.82) is 0 Å². The molecule has 144 valence electrons. The first kappa shape index (κ1) is 19.4. The van der Waals surface area contributed by atoms with Gasteiger partial charge in [0, 0.05) is 26.8 Å². The van der Waals surface area contributed by atoms with E-state index >= 15 is 0 Å². The average molecular weight is 503 g/mol. The average Bonchev–Trinajstić information content (AvgIpc) is 3.47. The van der Waals surface area contributed by atoms with E-state index in [-0.39, 0.29) is 0 Å². The molecule has 4 heterocycles.